The van der Waals surface area contributed by atoms with Gasteiger partial charge in [0, 0.05) is 30.3 Å². The molecule has 1 amide bonds. The Morgan fingerprint density at radius 2 is 1.69 bits per heavy atom. The highest BCUT2D eigenvalue weighted by Crippen LogP contribution is 2.20. The van der Waals surface area contributed by atoms with Gasteiger partial charge in [-0.1, -0.05) is 50.6 Å². The Bertz CT molecular complexity index is 930. The Morgan fingerprint density at radius 1 is 1.00 bits per heavy atom. The topological polar surface area (TPSA) is 69.7 Å². The molecule has 2 aromatic carbocycles. The zero-order valence-electron chi connectivity index (χ0n) is 17.1. The number of carbonyl (C=O) groups excluding carboxylic acids is 1. The van der Waals surface area contributed by atoms with E-state index in [-0.39, 0.29) is 17.3 Å². The van der Waals surface area contributed by atoms with Gasteiger partial charge in [0.25, 0.3) is 0 Å². The summed E-state index contributed by atoms with van der Waals surface area (Å²) in [4.78, 5) is 14.7. The Kier molecular flexibility index (Phi) is 8.64. The molecule has 1 N–H and O–H groups in total. The summed E-state index contributed by atoms with van der Waals surface area (Å²) in [6, 6.07) is 13.9. The molecule has 158 valence electrons. The highest BCUT2D eigenvalue weighted by atomic mass is 35.5. The van der Waals surface area contributed by atoms with E-state index in [4.69, 9.17) is 11.6 Å². The molecule has 0 aliphatic rings. The van der Waals surface area contributed by atoms with Crippen molar-refractivity contribution in [3.05, 3.63) is 59.1 Å². The molecule has 8 heteroatoms. The van der Waals surface area contributed by atoms with Crippen LogP contribution >= 0.6 is 11.6 Å². The molecule has 0 aliphatic heterocycles. The molecule has 0 heterocycles. The quantitative estimate of drug-likeness (QED) is 0.613. The van der Waals surface area contributed by atoms with E-state index in [1.807, 2.05) is 36.1 Å². The molecule has 0 saturated carbocycles. The van der Waals surface area contributed by atoms with Gasteiger partial charge < -0.3 is 5.32 Å². The molecule has 2 rings (SSSR count). The minimum atomic E-state index is -3.57. The van der Waals surface area contributed by atoms with Gasteiger partial charge in [-0.25, -0.2) is 8.42 Å². The van der Waals surface area contributed by atoms with Crippen LogP contribution in [0.15, 0.2) is 53.4 Å². The zero-order valence-corrected chi connectivity index (χ0v) is 18.6. The molecule has 0 bridgehead atoms. The maximum Gasteiger partial charge on any atom is 0.243 e. The summed E-state index contributed by atoms with van der Waals surface area (Å²) in [5.41, 5.74) is 1.49. The summed E-state index contributed by atoms with van der Waals surface area (Å²) in [6.07, 6.45) is 0. The first-order valence-corrected chi connectivity index (χ1v) is 11.5. The summed E-state index contributed by atoms with van der Waals surface area (Å²) in [6.45, 7) is 7.84. The first-order chi connectivity index (χ1) is 13.8. The van der Waals surface area contributed by atoms with E-state index < -0.39 is 10.0 Å². The summed E-state index contributed by atoms with van der Waals surface area (Å²) in [5, 5.41) is 3.46. The van der Waals surface area contributed by atoms with Crippen LogP contribution in [0.5, 0.6) is 0 Å². The SMILES string of the molecule is CCN(CC(=O)Nc1cccc(S(=O)(=O)N(CC)CC)c1)Cc1cccc(Cl)c1. The van der Waals surface area contributed by atoms with Gasteiger partial charge in [0.15, 0.2) is 0 Å². The molecule has 0 radical (unpaired) electrons. The number of anilines is 1. The Balaban J connectivity index is 2.06. The molecule has 0 spiro atoms. The molecule has 0 aliphatic carbocycles. The lowest BCUT2D eigenvalue weighted by Gasteiger charge is -2.21. The second-order valence-corrected chi connectivity index (χ2v) is 8.97. The van der Waals surface area contributed by atoms with Crippen molar-refractivity contribution in [3.63, 3.8) is 0 Å². The second kappa shape index (κ2) is 10.7. The molecule has 0 unspecified atom stereocenters. The summed E-state index contributed by atoms with van der Waals surface area (Å²) in [5.74, 6) is -0.203. The standard InChI is InChI=1S/C21H28ClN3O3S/c1-4-24(15-17-9-7-10-18(22)13-17)16-21(26)23-19-11-8-12-20(14-19)29(27,28)25(5-2)6-3/h7-14H,4-6,15-16H2,1-3H3,(H,23,26). The van der Waals surface area contributed by atoms with Gasteiger partial charge in [0.05, 0.1) is 11.4 Å². The van der Waals surface area contributed by atoms with Crippen molar-refractivity contribution in [2.24, 2.45) is 0 Å². The number of amides is 1. The average Bonchev–Trinajstić information content (AvgIpc) is 2.68. The fraction of sp³-hybridized carbons (Fsp3) is 0.381. The summed E-state index contributed by atoms with van der Waals surface area (Å²) >= 11 is 6.03. The average molecular weight is 438 g/mol. The first kappa shape index (κ1) is 23.3. The number of nitrogens with zero attached hydrogens (tertiary/aromatic N) is 2. The zero-order chi connectivity index (χ0) is 21.4. The third-order valence-corrected chi connectivity index (χ3v) is 6.85. The van der Waals surface area contributed by atoms with Crippen molar-refractivity contribution in [3.8, 4) is 0 Å². The maximum atomic E-state index is 12.7. The van der Waals surface area contributed by atoms with E-state index >= 15 is 0 Å². The Hall–Kier alpha value is -1.93. The second-order valence-electron chi connectivity index (χ2n) is 6.60. The minimum Gasteiger partial charge on any atom is -0.325 e. The largest absolute Gasteiger partial charge is 0.325 e. The predicted molar refractivity (Wildman–Crippen MR) is 118 cm³/mol. The smallest absolute Gasteiger partial charge is 0.243 e. The van der Waals surface area contributed by atoms with Crippen molar-refractivity contribution in [1.82, 2.24) is 9.21 Å². The molecular formula is C21H28ClN3O3S. The lowest BCUT2D eigenvalue weighted by Crippen LogP contribution is -2.33. The van der Waals surface area contributed by atoms with Crippen molar-refractivity contribution in [2.75, 3.05) is 31.5 Å². The fourth-order valence-corrected chi connectivity index (χ4v) is 4.74. The number of hydrogen-bond acceptors (Lipinski definition) is 4. The van der Waals surface area contributed by atoms with E-state index in [9.17, 15) is 13.2 Å². The minimum absolute atomic E-state index is 0.172. The monoisotopic (exact) mass is 437 g/mol. The number of carbonyl (C=O) groups is 1. The van der Waals surface area contributed by atoms with E-state index in [1.54, 1.807) is 32.0 Å². The van der Waals surface area contributed by atoms with Crippen LogP contribution in [-0.2, 0) is 21.4 Å². The van der Waals surface area contributed by atoms with Crippen LogP contribution in [0.2, 0.25) is 5.02 Å². The number of benzene rings is 2. The molecule has 0 atom stereocenters. The number of likely N-dealkylation sites (N-methyl/N-ethyl adjacent to an activating group) is 1. The molecule has 2 aromatic rings. The first-order valence-electron chi connectivity index (χ1n) is 9.67. The Labute approximate surface area is 178 Å². The number of nitrogens with one attached hydrogen (secondary N) is 1. The lowest BCUT2D eigenvalue weighted by molar-refractivity contribution is -0.117. The van der Waals surface area contributed by atoms with E-state index in [0.717, 1.165) is 5.56 Å². The third kappa shape index (κ3) is 6.54. The molecule has 0 aromatic heterocycles. The van der Waals surface area contributed by atoms with Gasteiger partial charge in [-0.2, -0.15) is 4.31 Å². The van der Waals surface area contributed by atoms with Crippen LogP contribution in [0.1, 0.15) is 26.3 Å². The molecule has 0 fully saturated rings. The number of halogens is 1. The normalized spacial score (nSPS) is 11.8. The highest BCUT2D eigenvalue weighted by Gasteiger charge is 2.22. The van der Waals surface area contributed by atoms with Crippen molar-refractivity contribution in [2.45, 2.75) is 32.2 Å². The van der Waals surface area contributed by atoms with Gasteiger partial charge >= 0.3 is 0 Å². The highest BCUT2D eigenvalue weighted by molar-refractivity contribution is 7.89. The molecule has 0 saturated heterocycles. The van der Waals surface area contributed by atoms with Crippen LogP contribution in [0.25, 0.3) is 0 Å². The van der Waals surface area contributed by atoms with Crippen LogP contribution in [0.3, 0.4) is 0 Å². The molecule has 6 nitrogen and oxygen atoms in total. The van der Waals surface area contributed by atoms with E-state index in [1.165, 1.54) is 10.4 Å². The molecular weight excluding hydrogens is 410 g/mol. The van der Waals surface area contributed by atoms with Crippen LogP contribution < -0.4 is 5.32 Å². The van der Waals surface area contributed by atoms with Crippen LogP contribution in [0, 0.1) is 0 Å². The maximum absolute atomic E-state index is 12.7. The lowest BCUT2D eigenvalue weighted by atomic mass is 10.2. The fourth-order valence-electron chi connectivity index (χ4n) is 3.02. The van der Waals surface area contributed by atoms with Gasteiger partial charge in [0.1, 0.15) is 0 Å². The summed E-state index contributed by atoms with van der Waals surface area (Å²) in [7, 11) is -3.57. The van der Waals surface area contributed by atoms with E-state index in [2.05, 4.69) is 5.32 Å². The molecule has 29 heavy (non-hydrogen) atoms. The predicted octanol–water partition coefficient (Wildman–Crippen LogP) is 3.83. The van der Waals surface area contributed by atoms with Crippen LogP contribution in [-0.4, -0.2) is 49.7 Å². The number of hydrogen-bond donors (Lipinski definition) is 1. The van der Waals surface area contributed by atoms with Gasteiger partial charge in [-0.15, -0.1) is 0 Å². The van der Waals surface area contributed by atoms with Gasteiger partial charge in [-0.05, 0) is 42.4 Å². The number of rotatable bonds is 10. The van der Waals surface area contributed by atoms with Crippen molar-refractivity contribution < 1.29 is 13.2 Å². The third-order valence-electron chi connectivity index (χ3n) is 4.57. The van der Waals surface area contributed by atoms with Gasteiger partial charge in [0.2, 0.25) is 15.9 Å². The Morgan fingerprint density at radius 3 is 2.31 bits per heavy atom. The summed E-state index contributed by atoms with van der Waals surface area (Å²) < 4.78 is 26.7. The van der Waals surface area contributed by atoms with Crippen LogP contribution in [0.4, 0.5) is 5.69 Å². The number of sulfonamides is 1. The van der Waals surface area contributed by atoms with Crippen molar-refractivity contribution in [1.29, 1.82) is 0 Å². The van der Waals surface area contributed by atoms with Crippen molar-refractivity contribution >= 4 is 33.2 Å². The van der Waals surface area contributed by atoms with Gasteiger partial charge in [-0.3, -0.25) is 9.69 Å². The van der Waals surface area contributed by atoms with E-state index in [0.29, 0.717) is 36.9 Å².